The van der Waals surface area contributed by atoms with Crippen LogP contribution >= 0.6 is 0 Å². The molecule has 0 aliphatic rings. The van der Waals surface area contributed by atoms with Crippen molar-refractivity contribution >= 4 is 33.1 Å². The quantitative estimate of drug-likeness (QED) is 0.182. The van der Waals surface area contributed by atoms with Crippen molar-refractivity contribution in [2.24, 2.45) is 0 Å². The van der Waals surface area contributed by atoms with Gasteiger partial charge < -0.3 is 0 Å². The van der Waals surface area contributed by atoms with E-state index >= 15 is 0 Å². The fraction of sp³-hybridized carbons (Fsp3) is 0.250. The third-order valence-electron chi connectivity index (χ3n) is 3.87. The molecule has 0 fully saturated rings. The Bertz CT molecular complexity index is 1150. The molecule has 1 amide bonds. The lowest BCUT2D eigenvalue weighted by Gasteiger charge is -2.31. The third kappa shape index (κ3) is 5.03. The standard InChI is InChI=1S/C12H9NO3.C4HF9O3S/c14-7-11-9-4-2-1-3-8(9)5-6-10(11)12(15)13-16;5-1(6,3(9,10)11)2(7,8)4(12,13)17(14,15)16/h1-7,16H,(H,13,15);(H,14,15,16). The molecule has 184 valence electrons. The number of alkyl halides is 9. The predicted octanol–water partition coefficient (Wildman–Crippen LogP) is 4.07. The van der Waals surface area contributed by atoms with Crippen LogP contribution in [0.1, 0.15) is 20.7 Å². The van der Waals surface area contributed by atoms with E-state index in [9.17, 15) is 57.5 Å². The zero-order valence-electron chi connectivity index (χ0n) is 15.4. The lowest BCUT2D eigenvalue weighted by atomic mass is 9.99. The smallest absolute Gasteiger partial charge is 0.298 e. The molecule has 0 unspecified atom stereocenters. The monoisotopic (exact) mass is 515 g/mol. The molecular formula is C16H10F9NO6S. The number of hydroxylamine groups is 1. The summed E-state index contributed by atoms with van der Waals surface area (Å²) < 4.78 is 134. The zero-order chi connectivity index (χ0) is 26.0. The molecule has 17 heteroatoms. The Kier molecular flexibility index (Phi) is 7.79. The van der Waals surface area contributed by atoms with Gasteiger partial charge in [0.25, 0.3) is 5.91 Å². The average Bonchev–Trinajstić information content (AvgIpc) is 2.70. The second-order valence-electron chi connectivity index (χ2n) is 5.95. The first-order valence-electron chi connectivity index (χ1n) is 7.86. The Morgan fingerprint density at radius 2 is 1.39 bits per heavy atom. The Morgan fingerprint density at radius 1 is 0.879 bits per heavy atom. The van der Waals surface area contributed by atoms with Gasteiger partial charge in [0.15, 0.2) is 6.29 Å². The number of amides is 1. The summed E-state index contributed by atoms with van der Waals surface area (Å²) in [5.74, 6) is -15.4. The normalized spacial score (nSPS) is 13.2. The predicted molar refractivity (Wildman–Crippen MR) is 91.0 cm³/mol. The second-order valence-corrected chi connectivity index (χ2v) is 7.41. The summed E-state index contributed by atoms with van der Waals surface area (Å²) in [5, 5.41) is 3.13. The highest BCUT2D eigenvalue weighted by Gasteiger charge is 2.85. The van der Waals surface area contributed by atoms with E-state index in [1.165, 1.54) is 11.5 Å². The highest BCUT2D eigenvalue weighted by molar-refractivity contribution is 7.87. The maximum Gasteiger partial charge on any atom is 0.460 e. The number of benzene rings is 2. The van der Waals surface area contributed by atoms with Gasteiger partial charge in [-0.05, 0) is 16.8 Å². The molecule has 2 rings (SSSR count). The third-order valence-corrected chi connectivity index (χ3v) is 4.78. The maximum atomic E-state index is 12.2. The van der Waals surface area contributed by atoms with Gasteiger partial charge in [0.2, 0.25) is 0 Å². The van der Waals surface area contributed by atoms with Crippen molar-refractivity contribution in [1.82, 2.24) is 5.48 Å². The van der Waals surface area contributed by atoms with Crippen molar-refractivity contribution in [2.45, 2.75) is 23.3 Å². The highest BCUT2D eigenvalue weighted by atomic mass is 32.2. The van der Waals surface area contributed by atoms with E-state index in [1.807, 2.05) is 12.1 Å². The molecule has 0 spiro atoms. The van der Waals surface area contributed by atoms with E-state index in [-0.39, 0.29) is 11.1 Å². The van der Waals surface area contributed by atoms with E-state index in [0.29, 0.717) is 11.7 Å². The molecule has 0 aliphatic carbocycles. The van der Waals surface area contributed by atoms with E-state index in [2.05, 4.69) is 0 Å². The molecule has 0 aromatic heterocycles. The number of aldehydes is 1. The van der Waals surface area contributed by atoms with Crippen molar-refractivity contribution in [3.63, 3.8) is 0 Å². The Labute approximate surface area is 177 Å². The van der Waals surface area contributed by atoms with Gasteiger partial charge in [-0.2, -0.15) is 47.9 Å². The van der Waals surface area contributed by atoms with Crippen LogP contribution in [-0.2, 0) is 10.1 Å². The first-order valence-corrected chi connectivity index (χ1v) is 9.30. The van der Waals surface area contributed by atoms with Crippen LogP contribution < -0.4 is 5.48 Å². The summed E-state index contributed by atoms with van der Waals surface area (Å²) in [6, 6.07) is 10.5. The molecule has 2 aromatic carbocycles. The van der Waals surface area contributed by atoms with Gasteiger partial charge in [-0.15, -0.1) is 0 Å². The van der Waals surface area contributed by atoms with Gasteiger partial charge in [0, 0.05) is 5.56 Å². The van der Waals surface area contributed by atoms with Gasteiger partial charge in [-0.3, -0.25) is 19.3 Å². The van der Waals surface area contributed by atoms with Crippen molar-refractivity contribution < 1.29 is 67.3 Å². The summed E-state index contributed by atoms with van der Waals surface area (Å²) in [6.07, 6.45) is -6.52. The fourth-order valence-corrected chi connectivity index (χ4v) is 2.66. The van der Waals surface area contributed by atoms with Crippen molar-refractivity contribution in [3.8, 4) is 0 Å². The molecule has 2 aromatic rings. The molecule has 0 atom stereocenters. The van der Waals surface area contributed by atoms with E-state index in [0.717, 1.165) is 5.39 Å². The van der Waals surface area contributed by atoms with Gasteiger partial charge in [-0.1, -0.05) is 30.3 Å². The van der Waals surface area contributed by atoms with E-state index in [1.54, 1.807) is 18.2 Å². The van der Waals surface area contributed by atoms with Crippen LogP contribution in [0.4, 0.5) is 39.5 Å². The molecule has 0 saturated carbocycles. The van der Waals surface area contributed by atoms with Crippen LogP contribution in [-0.4, -0.2) is 53.6 Å². The Morgan fingerprint density at radius 3 is 1.82 bits per heavy atom. The molecule has 0 bridgehead atoms. The van der Waals surface area contributed by atoms with Crippen molar-refractivity contribution in [2.75, 3.05) is 0 Å². The fourth-order valence-electron chi connectivity index (χ4n) is 2.20. The minimum Gasteiger partial charge on any atom is -0.298 e. The topological polar surface area (TPSA) is 121 Å². The van der Waals surface area contributed by atoms with Gasteiger partial charge in [0.05, 0.1) is 5.56 Å². The SMILES string of the molecule is O=Cc1c(C(=O)NO)ccc2ccccc12.O=S(=O)(O)C(F)(F)C(F)(F)C(F)(F)C(F)(F)F. The van der Waals surface area contributed by atoms with Crippen LogP contribution in [0.2, 0.25) is 0 Å². The van der Waals surface area contributed by atoms with Gasteiger partial charge in [0.1, 0.15) is 0 Å². The molecule has 7 nitrogen and oxygen atoms in total. The van der Waals surface area contributed by atoms with Gasteiger partial charge in [-0.25, -0.2) is 5.48 Å². The van der Waals surface area contributed by atoms with Gasteiger partial charge >= 0.3 is 33.4 Å². The number of halogens is 9. The summed E-state index contributed by atoms with van der Waals surface area (Å²) in [6.45, 7) is 0. The first kappa shape index (κ1) is 28.1. The largest absolute Gasteiger partial charge is 0.460 e. The maximum absolute atomic E-state index is 12.2. The molecule has 0 aliphatic heterocycles. The van der Waals surface area contributed by atoms with Crippen LogP contribution in [0.5, 0.6) is 0 Å². The first-order chi connectivity index (χ1) is 14.8. The lowest BCUT2D eigenvalue weighted by molar-refractivity contribution is -0.382. The number of rotatable bonds is 5. The van der Waals surface area contributed by atoms with Crippen LogP contribution in [0.15, 0.2) is 36.4 Å². The molecule has 33 heavy (non-hydrogen) atoms. The summed E-state index contributed by atoms with van der Waals surface area (Å²) in [7, 11) is -7.17. The van der Waals surface area contributed by atoms with E-state index in [4.69, 9.17) is 9.76 Å². The average molecular weight is 515 g/mol. The number of carbonyl (C=O) groups excluding carboxylic acids is 2. The van der Waals surface area contributed by atoms with Crippen LogP contribution in [0.25, 0.3) is 10.8 Å². The minimum absolute atomic E-state index is 0.163. The zero-order valence-corrected chi connectivity index (χ0v) is 16.2. The highest BCUT2D eigenvalue weighted by Crippen LogP contribution is 2.54. The minimum atomic E-state index is -7.37. The van der Waals surface area contributed by atoms with Crippen LogP contribution in [0.3, 0.4) is 0 Å². The number of hydrogen-bond acceptors (Lipinski definition) is 5. The van der Waals surface area contributed by atoms with Crippen molar-refractivity contribution in [1.29, 1.82) is 0 Å². The summed E-state index contributed by atoms with van der Waals surface area (Å²) in [5.41, 5.74) is 1.97. The van der Waals surface area contributed by atoms with Crippen molar-refractivity contribution in [3.05, 3.63) is 47.5 Å². The molecule has 3 N–H and O–H groups in total. The van der Waals surface area contributed by atoms with E-state index < -0.39 is 39.3 Å². The number of nitrogens with one attached hydrogen (secondary N) is 1. The summed E-state index contributed by atoms with van der Waals surface area (Å²) in [4.78, 5) is 22.3. The van der Waals surface area contributed by atoms with Crippen LogP contribution in [0, 0.1) is 0 Å². The summed E-state index contributed by atoms with van der Waals surface area (Å²) >= 11 is 0. The lowest BCUT2D eigenvalue weighted by Crippen LogP contribution is -2.63. The Hall–Kier alpha value is -2.92. The number of carbonyl (C=O) groups is 2. The second kappa shape index (κ2) is 9.14. The number of fused-ring (bicyclic) bond motifs is 1. The molecule has 0 heterocycles. The molecular weight excluding hydrogens is 505 g/mol. The number of hydrogen-bond donors (Lipinski definition) is 3. The molecule has 0 radical (unpaired) electrons. The molecule has 0 saturated heterocycles. The Balaban J connectivity index is 0.000000330.